The molecule has 1 heterocycles. The lowest BCUT2D eigenvalue weighted by Gasteiger charge is -2.23. The fourth-order valence-corrected chi connectivity index (χ4v) is 2.03. The van der Waals surface area contributed by atoms with Gasteiger partial charge in [-0.2, -0.15) is 0 Å². The summed E-state index contributed by atoms with van der Waals surface area (Å²) in [6.45, 7) is -0.422. The molecule has 0 fully saturated rings. The number of aromatic nitrogens is 1. The molecule has 4 nitrogen and oxygen atoms in total. The second kappa shape index (κ2) is 5.17. The first-order valence-electron chi connectivity index (χ1n) is 5.72. The summed E-state index contributed by atoms with van der Waals surface area (Å²) in [5.74, 6) is -0.186. The van der Waals surface area contributed by atoms with Crippen LogP contribution in [0.1, 0.15) is 5.56 Å². The van der Waals surface area contributed by atoms with E-state index in [-0.39, 0.29) is 5.84 Å². The van der Waals surface area contributed by atoms with Crippen molar-refractivity contribution in [3.8, 4) is 0 Å². The number of nitrogens with two attached hydrogens (primary N) is 1. The van der Waals surface area contributed by atoms with E-state index in [4.69, 9.17) is 11.1 Å². The maximum Gasteiger partial charge on any atom is 0.255 e. The third-order valence-electron chi connectivity index (χ3n) is 2.83. The van der Waals surface area contributed by atoms with E-state index in [1.54, 1.807) is 25.2 Å². The number of nitrogens with zero attached hydrogens (tertiary/aromatic N) is 2. The van der Waals surface area contributed by atoms with Crippen LogP contribution >= 0.6 is 0 Å². The fourth-order valence-electron chi connectivity index (χ4n) is 2.03. The van der Waals surface area contributed by atoms with Gasteiger partial charge in [0.1, 0.15) is 5.84 Å². The zero-order valence-corrected chi connectivity index (χ0v) is 10.4. The highest BCUT2D eigenvalue weighted by Crippen LogP contribution is 2.28. The number of fused-ring (bicyclic) bond motifs is 1. The number of hydrogen-bond donors (Lipinski definition) is 2. The summed E-state index contributed by atoms with van der Waals surface area (Å²) in [5.41, 5.74) is 7.06. The molecule has 6 heteroatoms. The van der Waals surface area contributed by atoms with Crippen LogP contribution < -0.4 is 10.6 Å². The molecule has 0 atom stereocenters. The van der Waals surface area contributed by atoms with Gasteiger partial charge >= 0.3 is 0 Å². The molecule has 0 spiro atoms. The Morgan fingerprint density at radius 1 is 1.42 bits per heavy atom. The van der Waals surface area contributed by atoms with E-state index in [2.05, 4.69) is 4.98 Å². The summed E-state index contributed by atoms with van der Waals surface area (Å²) in [7, 11) is 1.56. The molecule has 2 rings (SSSR count). The number of nitrogen functional groups attached to an aromatic ring is 1. The first-order valence-corrected chi connectivity index (χ1v) is 5.72. The van der Waals surface area contributed by atoms with Crippen molar-refractivity contribution in [2.45, 2.75) is 6.43 Å². The van der Waals surface area contributed by atoms with Gasteiger partial charge in [-0.25, -0.2) is 8.78 Å². The summed E-state index contributed by atoms with van der Waals surface area (Å²) in [4.78, 5) is 5.60. The summed E-state index contributed by atoms with van der Waals surface area (Å²) in [5, 5.41) is 8.26. The van der Waals surface area contributed by atoms with Crippen molar-refractivity contribution in [2.24, 2.45) is 5.73 Å². The maximum atomic E-state index is 12.6. The Bertz CT molecular complexity index is 613. The lowest BCUT2D eigenvalue weighted by atomic mass is 10.1. The molecule has 0 unspecified atom stereocenters. The third kappa shape index (κ3) is 2.62. The van der Waals surface area contributed by atoms with Gasteiger partial charge in [-0.15, -0.1) is 0 Å². The van der Waals surface area contributed by atoms with Gasteiger partial charge in [0.2, 0.25) is 0 Å². The first kappa shape index (κ1) is 13.2. The lowest BCUT2D eigenvalue weighted by Crippen LogP contribution is -2.27. The zero-order chi connectivity index (χ0) is 14.0. The molecule has 1 aromatic heterocycles. The smallest absolute Gasteiger partial charge is 0.255 e. The second-order valence-electron chi connectivity index (χ2n) is 4.22. The Morgan fingerprint density at radius 3 is 2.74 bits per heavy atom. The van der Waals surface area contributed by atoms with E-state index in [1.807, 2.05) is 6.07 Å². The van der Waals surface area contributed by atoms with Crippen molar-refractivity contribution in [3.63, 3.8) is 0 Å². The van der Waals surface area contributed by atoms with Crippen molar-refractivity contribution in [2.75, 3.05) is 18.5 Å². The summed E-state index contributed by atoms with van der Waals surface area (Å²) >= 11 is 0. The molecular weight excluding hydrogens is 250 g/mol. The van der Waals surface area contributed by atoms with Crippen LogP contribution in [-0.2, 0) is 0 Å². The summed E-state index contributed by atoms with van der Waals surface area (Å²) in [6.07, 6.45) is -1.01. The van der Waals surface area contributed by atoms with E-state index in [0.717, 1.165) is 0 Å². The molecule has 19 heavy (non-hydrogen) atoms. The fraction of sp³-hybridized carbons (Fsp3) is 0.231. The molecule has 0 aliphatic carbocycles. The highest BCUT2D eigenvalue weighted by Gasteiger charge is 2.17. The molecule has 100 valence electrons. The van der Waals surface area contributed by atoms with E-state index < -0.39 is 13.0 Å². The average molecular weight is 264 g/mol. The minimum Gasteiger partial charge on any atom is -0.384 e. The summed E-state index contributed by atoms with van der Waals surface area (Å²) in [6, 6.07) is 7.19. The Hall–Kier alpha value is -2.24. The predicted octanol–water partition coefficient (Wildman–Crippen LogP) is 2.22. The molecule has 3 N–H and O–H groups in total. The highest BCUT2D eigenvalue weighted by atomic mass is 19.3. The largest absolute Gasteiger partial charge is 0.384 e. The van der Waals surface area contributed by atoms with Gasteiger partial charge in [0.25, 0.3) is 6.43 Å². The molecule has 0 saturated carbocycles. The number of halogens is 2. The lowest BCUT2D eigenvalue weighted by molar-refractivity contribution is 0.156. The Balaban J connectivity index is 2.65. The highest BCUT2D eigenvalue weighted by molar-refractivity contribution is 6.07. The summed E-state index contributed by atoms with van der Waals surface area (Å²) < 4.78 is 25.1. The van der Waals surface area contributed by atoms with Crippen molar-refractivity contribution < 1.29 is 8.78 Å². The normalized spacial score (nSPS) is 10.9. The average Bonchev–Trinajstić information content (AvgIpc) is 2.36. The Morgan fingerprint density at radius 2 is 2.11 bits per heavy atom. The molecule has 0 bridgehead atoms. The molecule has 2 aromatic rings. The number of anilines is 1. The van der Waals surface area contributed by atoms with E-state index in [9.17, 15) is 8.78 Å². The zero-order valence-electron chi connectivity index (χ0n) is 10.4. The van der Waals surface area contributed by atoms with Gasteiger partial charge in [0.15, 0.2) is 0 Å². The minimum atomic E-state index is -2.46. The van der Waals surface area contributed by atoms with Crippen LogP contribution in [0.5, 0.6) is 0 Å². The molecule has 0 saturated heterocycles. The molecule has 1 aromatic carbocycles. The van der Waals surface area contributed by atoms with Gasteiger partial charge in [-0.3, -0.25) is 10.4 Å². The first-order chi connectivity index (χ1) is 9.00. The van der Waals surface area contributed by atoms with Crippen molar-refractivity contribution in [1.82, 2.24) is 4.98 Å². The number of rotatable bonds is 4. The molecule has 0 aliphatic rings. The molecule has 0 radical (unpaired) electrons. The Kier molecular flexibility index (Phi) is 3.59. The number of benzene rings is 1. The molecule has 0 amide bonds. The van der Waals surface area contributed by atoms with Crippen LogP contribution in [0.25, 0.3) is 10.9 Å². The van der Waals surface area contributed by atoms with Crippen molar-refractivity contribution >= 4 is 22.4 Å². The Labute approximate surface area is 109 Å². The van der Waals surface area contributed by atoms with Crippen LogP contribution in [0.4, 0.5) is 14.5 Å². The van der Waals surface area contributed by atoms with Crippen LogP contribution in [0.15, 0.2) is 30.5 Å². The van der Waals surface area contributed by atoms with Gasteiger partial charge in [-0.1, -0.05) is 18.2 Å². The molecule has 0 aliphatic heterocycles. The van der Waals surface area contributed by atoms with Gasteiger partial charge < -0.3 is 10.6 Å². The van der Waals surface area contributed by atoms with Gasteiger partial charge in [0, 0.05) is 18.6 Å². The van der Waals surface area contributed by atoms with Crippen LogP contribution in [0.3, 0.4) is 0 Å². The van der Waals surface area contributed by atoms with E-state index >= 15 is 0 Å². The monoisotopic (exact) mass is 264 g/mol. The number of alkyl halides is 2. The maximum absolute atomic E-state index is 12.6. The number of amidine groups is 1. The van der Waals surface area contributed by atoms with Crippen LogP contribution in [0, 0.1) is 5.41 Å². The van der Waals surface area contributed by atoms with Crippen molar-refractivity contribution in [3.05, 3.63) is 36.0 Å². The van der Waals surface area contributed by atoms with E-state index in [1.165, 1.54) is 11.1 Å². The van der Waals surface area contributed by atoms with Crippen LogP contribution in [-0.4, -0.2) is 30.8 Å². The number of hydrogen-bond acceptors (Lipinski definition) is 3. The van der Waals surface area contributed by atoms with E-state index in [0.29, 0.717) is 22.2 Å². The van der Waals surface area contributed by atoms with Crippen LogP contribution in [0.2, 0.25) is 0 Å². The minimum absolute atomic E-state index is 0.186. The molecular formula is C13H14F2N4. The third-order valence-corrected chi connectivity index (χ3v) is 2.83. The number of nitrogens with one attached hydrogen (secondary N) is 1. The second-order valence-corrected chi connectivity index (χ2v) is 4.22. The standard InChI is InChI=1S/C13H14F2N4/c1-19(7-11(14)15)12-8-4-2-3-5-10(8)18-6-9(12)13(16)17/h2-6,11H,7H2,1H3,(H3,16,17). The predicted molar refractivity (Wildman–Crippen MR) is 72.0 cm³/mol. The topological polar surface area (TPSA) is 66.0 Å². The van der Waals surface area contributed by atoms with Crippen molar-refractivity contribution in [1.29, 1.82) is 5.41 Å². The number of pyridine rings is 1. The quantitative estimate of drug-likeness (QED) is 0.657. The number of para-hydroxylation sites is 1. The SMILES string of the molecule is CN(CC(F)F)c1c(C(=N)N)cnc2ccccc12. The van der Waals surface area contributed by atoms with Gasteiger partial charge in [0.05, 0.1) is 23.3 Å². The van der Waals surface area contributed by atoms with Gasteiger partial charge in [-0.05, 0) is 6.07 Å².